The molecule has 3 aliphatic heterocycles. The van der Waals surface area contributed by atoms with Gasteiger partial charge in [-0.2, -0.15) is 5.26 Å². The van der Waals surface area contributed by atoms with Gasteiger partial charge < -0.3 is 19.9 Å². The van der Waals surface area contributed by atoms with Crippen LogP contribution in [0.4, 0.5) is 4.79 Å². The van der Waals surface area contributed by atoms with Gasteiger partial charge in [-0.15, -0.1) is 0 Å². The zero-order chi connectivity index (χ0) is 29.1. The Morgan fingerprint density at radius 2 is 1.98 bits per heavy atom. The van der Waals surface area contributed by atoms with Gasteiger partial charge >= 0.3 is 6.09 Å². The number of primary sulfonamides is 1. The Labute approximate surface area is 234 Å². The maximum Gasteiger partial charge on any atom is 0.408 e. The molecule has 2 bridgehead atoms. The van der Waals surface area contributed by atoms with Crippen molar-refractivity contribution in [3.8, 4) is 6.07 Å². The summed E-state index contributed by atoms with van der Waals surface area (Å²) in [5, 5.41) is 17.6. The number of hydrogen-bond donors (Lipinski definition) is 2. The summed E-state index contributed by atoms with van der Waals surface area (Å²) in [6.45, 7) is 7.65. The van der Waals surface area contributed by atoms with E-state index in [1.54, 1.807) is 42.7 Å². The summed E-state index contributed by atoms with van der Waals surface area (Å²) in [7, 11) is -3.88. The topological polar surface area (TPSA) is 166 Å². The molecule has 5 rings (SSSR count). The number of alkyl carbamates (subject to hydrolysis) is 1. The summed E-state index contributed by atoms with van der Waals surface area (Å²) in [5.74, 6) is -0.128. The lowest BCUT2D eigenvalue weighted by atomic mass is 10.1. The molecule has 3 saturated heterocycles. The lowest BCUT2D eigenvalue weighted by molar-refractivity contribution is -0.141. The van der Waals surface area contributed by atoms with Crippen molar-refractivity contribution < 1.29 is 27.5 Å². The molecule has 1 saturated carbocycles. The summed E-state index contributed by atoms with van der Waals surface area (Å²) >= 11 is 0. The lowest BCUT2D eigenvalue weighted by Crippen LogP contribution is -2.59. The molecule has 0 spiro atoms. The van der Waals surface area contributed by atoms with Crippen molar-refractivity contribution in [2.75, 3.05) is 13.1 Å². The van der Waals surface area contributed by atoms with Crippen LogP contribution in [0.5, 0.6) is 0 Å². The van der Waals surface area contributed by atoms with Crippen LogP contribution >= 0.6 is 0 Å². The molecular weight excluding hydrogens is 536 g/mol. The van der Waals surface area contributed by atoms with Crippen LogP contribution in [0.25, 0.3) is 0 Å². The van der Waals surface area contributed by atoms with E-state index >= 15 is 0 Å². The number of benzene rings is 1. The minimum atomic E-state index is -3.88. The molecule has 4 aliphatic rings. The van der Waals surface area contributed by atoms with Crippen molar-refractivity contribution in [3.63, 3.8) is 0 Å². The van der Waals surface area contributed by atoms with Crippen molar-refractivity contribution in [2.24, 2.45) is 11.1 Å². The van der Waals surface area contributed by atoms with E-state index in [4.69, 9.17) is 9.88 Å². The zero-order valence-corrected chi connectivity index (χ0v) is 23.9. The van der Waals surface area contributed by atoms with E-state index in [2.05, 4.69) is 11.4 Å². The summed E-state index contributed by atoms with van der Waals surface area (Å²) in [6.07, 6.45) is 1.32. The van der Waals surface area contributed by atoms with Gasteiger partial charge in [0.1, 0.15) is 17.7 Å². The van der Waals surface area contributed by atoms with Gasteiger partial charge in [0.05, 0.1) is 23.0 Å². The fraction of sp³-hybridized carbons (Fsp3) is 0.630. The third kappa shape index (κ3) is 5.40. The standard InChI is InChI=1S/C27H36N6O6S/c1-15(16-6-5-7-20(9-16)40(29,37)38)32-19-11-23(25(32)35)31(13-19)14-21(30-26(36)39-27(2,3)4)24(34)33-18(12-28)8-17-10-22(17)33/h5-7,9,15,17-19,21-23H,8,10-11,13-14H2,1-4H3,(H,30,36)(H2,29,37,38)/t15-,17-,18+,19+,21+,22+,23+/m1/s1. The van der Waals surface area contributed by atoms with Gasteiger partial charge in [-0.05, 0) is 70.6 Å². The van der Waals surface area contributed by atoms with E-state index in [9.17, 15) is 28.1 Å². The molecule has 40 heavy (non-hydrogen) atoms. The number of sulfonamides is 1. The lowest BCUT2D eigenvalue weighted by Gasteiger charge is -2.39. The average Bonchev–Trinajstić information content (AvgIpc) is 3.18. The molecule has 3 heterocycles. The minimum Gasteiger partial charge on any atom is -0.444 e. The van der Waals surface area contributed by atoms with E-state index in [0.29, 0.717) is 30.9 Å². The first-order valence-electron chi connectivity index (χ1n) is 13.6. The second kappa shape index (κ2) is 10.0. The number of piperidine rings is 1. The highest BCUT2D eigenvalue weighted by Crippen LogP contribution is 2.48. The SMILES string of the molecule is C[C@H](c1cccc(S(N)(=O)=O)c1)N1C(=O)[C@@H]2C[C@H]1CN2C[C@H](NC(=O)OC(C)(C)C)C(=O)N1[C@H](C#N)C[C@@H]2C[C@@H]21. The molecule has 1 aromatic rings. The number of nitrogens with one attached hydrogen (secondary N) is 1. The van der Waals surface area contributed by atoms with Crippen molar-refractivity contribution in [3.05, 3.63) is 29.8 Å². The number of fused-ring (bicyclic) bond motifs is 3. The number of carbonyl (C=O) groups is 3. The summed E-state index contributed by atoms with van der Waals surface area (Å²) in [6, 6.07) is 6.00. The van der Waals surface area contributed by atoms with Crippen LogP contribution in [0.3, 0.4) is 0 Å². The highest BCUT2D eigenvalue weighted by Gasteiger charge is 2.56. The Kier molecular flexibility index (Phi) is 7.09. The number of nitrogens with two attached hydrogens (primary N) is 1. The van der Waals surface area contributed by atoms with E-state index < -0.39 is 39.8 Å². The number of rotatable bonds is 7. The number of piperazine rings is 1. The average molecular weight is 573 g/mol. The molecule has 12 nitrogen and oxygen atoms in total. The van der Waals surface area contributed by atoms with Gasteiger partial charge in [-0.25, -0.2) is 18.4 Å². The largest absolute Gasteiger partial charge is 0.444 e. The molecule has 3 amide bonds. The Balaban J connectivity index is 1.32. The Morgan fingerprint density at radius 1 is 1.25 bits per heavy atom. The third-order valence-electron chi connectivity index (χ3n) is 8.31. The number of amides is 3. The fourth-order valence-electron chi connectivity index (χ4n) is 6.45. The van der Waals surface area contributed by atoms with Crippen LogP contribution in [0.2, 0.25) is 0 Å². The van der Waals surface area contributed by atoms with Gasteiger partial charge in [0, 0.05) is 25.2 Å². The van der Waals surface area contributed by atoms with Gasteiger partial charge in [0.2, 0.25) is 21.8 Å². The number of hydrogen-bond acceptors (Lipinski definition) is 8. The van der Waals surface area contributed by atoms with Crippen molar-refractivity contribution in [2.45, 2.75) is 93.7 Å². The molecule has 3 N–H and O–H groups in total. The normalized spacial score (nSPS) is 29.1. The first-order chi connectivity index (χ1) is 18.7. The van der Waals surface area contributed by atoms with Gasteiger partial charge in [0.15, 0.2) is 0 Å². The van der Waals surface area contributed by atoms with Crippen LogP contribution in [0.1, 0.15) is 58.6 Å². The highest BCUT2D eigenvalue weighted by atomic mass is 32.2. The molecule has 0 radical (unpaired) electrons. The molecule has 1 aliphatic carbocycles. The number of carbonyl (C=O) groups excluding carboxylic acids is 3. The smallest absolute Gasteiger partial charge is 0.408 e. The molecule has 0 aromatic heterocycles. The minimum absolute atomic E-state index is 0.0136. The first-order valence-corrected chi connectivity index (χ1v) is 15.1. The summed E-state index contributed by atoms with van der Waals surface area (Å²) in [5.41, 5.74) is -0.101. The van der Waals surface area contributed by atoms with E-state index in [0.717, 1.165) is 6.42 Å². The summed E-state index contributed by atoms with van der Waals surface area (Å²) < 4.78 is 29.1. The van der Waals surface area contributed by atoms with Gasteiger partial charge in [-0.1, -0.05) is 12.1 Å². The quantitative estimate of drug-likeness (QED) is 0.490. The maximum absolute atomic E-state index is 13.7. The Bertz CT molecular complexity index is 1370. The molecule has 216 valence electrons. The molecule has 1 aromatic carbocycles. The van der Waals surface area contributed by atoms with E-state index in [1.165, 1.54) is 12.1 Å². The van der Waals surface area contributed by atoms with Gasteiger partial charge in [0.25, 0.3) is 0 Å². The number of likely N-dealkylation sites (tertiary alicyclic amines) is 3. The van der Waals surface area contributed by atoms with Crippen molar-refractivity contribution in [1.29, 1.82) is 5.26 Å². The predicted octanol–water partition coefficient (Wildman–Crippen LogP) is 1.09. The van der Waals surface area contributed by atoms with Crippen LogP contribution in [-0.2, 0) is 24.3 Å². The molecule has 4 fully saturated rings. The van der Waals surface area contributed by atoms with Crippen LogP contribution < -0.4 is 10.5 Å². The monoisotopic (exact) mass is 572 g/mol. The highest BCUT2D eigenvalue weighted by molar-refractivity contribution is 7.89. The summed E-state index contributed by atoms with van der Waals surface area (Å²) in [4.78, 5) is 45.2. The van der Waals surface area contributed by atoms with Crippen LogP contribution in [-0.4, -0.2) is 89.9 Å². The van der Waals surface area contributed by atoms with Crippen molar-refractivity contribution in [1.82, 2.24) is 20.0 Å². The molecule has 13 heteroatoms. The third-order valence-corrected chi connectivity index (χ3v) is 9.23. The molecule has 7 atom stereocenters. The van der Waals surface area contributed by atoms with E-state index in [1.807, 2.05) is 11.8 Å². The van der Waals surface area contributed by atoms with Gasteiger partial charge in [-0.3, -0.25) is 14.5 Å². The number of ether oxygens (including phenoxy) is 1. The maximum atomic E-state index is 13.7. The van der Waals surface area contributed by atoms with Crippen LogP contribution in [0, 0.1) is 17.2 Å². The molecular formula is C27H36N6O6S. The first kappa shape index (κ1) is 28.3. The molecule has 0 unspecified atom stereocenters. The second-order valence-electron chi connectivity index (χ2n) is 12.3. The predicted molar refractivity (Wildman–Crippen MR) is 143 cm³/mol. The number of nitriles is 1. The fourth-order valence-corrected chi connectivity index (χ4v) is 7.02. The second-order valence-corrected chi connectivity index (χ2v) is 13.8. The Hall–Kier alpha value is -3.21. The number of nitrogens with zero attached hydrogens (tertiary/aromatic N) is 4. The van der Waals surface area contributed by atoms with Crippen LogP contribution in [0.15, 0.2) is 29.2 Å². The Morgan fingerprint density at radius 3 is 2.60 bits per heavy atom. The van der Waals surface area contributed by atoms with Crippen molar-refractivity contribution >= 4 is 27.9 Å². The van der Waals surface area contributed by atoms with E-state index in [-0.39, 0.29) is 41.4 Å². The zero-order valence-electron chi connectivity index (χ0n) is 23.1.